The van der Waals surface area contributed by atoms with Gasteiger partial charge in [0.1, 0.15) is 0 Å². The third-order valence-corrected chi connectivity index (χ3v) is 5.42. The van der Waals surface area contributed by atoms with E-state index in [0.717, 1.165) is 30.4 Å². The van der Waals surface area contributed by atoms with Crippen LogP contribution in [0.1, 0.15) is 12.8 Å². The van der Waals surface area contributed by atoms with E-state index in [9.17, 15) is 8.42 Å². The molecule has 1 N–H and O–H groups in total. The van der Waals surface area contributed by atoms with Crippen molar-refractivity contribution in [3.63, 3.8) is 0 Å². The van der Waals surface area contributed by atoms with Crippen LogP contribution in [-0.2, 0) is 10.0 Å². The molecular formula is C12H17BrN2O2S. The maximum Gasteiger partial charge on any atom is 0.243 e. The van der Waals surface area contributed by atoms with Gasteiger partial charge in [-0.3, -0.25) is 0 Å². The smallest absolute Gasteiger partial charge is 0.243 e. The first-order chi connectivity index (χ1) is 8.60. The van der Waals surface area contributed by atoms with Crippen LogP contribution in [0.5, 0.6) is 0 Å². The second kappa shape index (κ2) is 6.14. The molecule has 0 aliphatic carbocycles. The van der Waals surface area contributed by atoms with Crippen molar-refractivity contribution in [1.29, 1.82) is 0 Å². The first kappa shape index (κ1) is 14.0. The lowest BCUT2D eigenvalue weighted by atomic mass is 10.3. The molecular weight excluding hydrogens is 316 g/mol. The van der Waals surface area contributed by atoms with E-state index in [1.807, 2.05) is 0 Å². The Bertz CT molecular complexity index is 479. The van der Waals surface area contributed by atoms with Gasteiger partial charge in [-0.25, -0.2) is 8.42 Å². The van der Waals surface area contributed by atoms with Gasteiger partial charge in [0.05, 0.1) is 4.90 Å². The Kier molecular flexibility index (Phi) is 4.77. The average Bonchev–Trinajstić information content (AvgIpc) is 2.28. The number of nitrogens with zero attached hydrogens (tertiary/aromatic N) is 1. The van der Waals surface area contributed by atoms with E-state index in [-0.39, 0.29) is 0 Å². The van der Waals surface area contributed by atoms with Crippen LogP contribution in [0.3, 0.4) is 0 Å². The Balaban J connectivity index is 2.20. The van der Waals surface area contributed by atoms with Crippen LogP contribution in [0, 0.1) is 0 Å². The summed E-state index contributed by atoms with van der Waals surface area (Å²) in [6.07, 6.45) is 1.71. The summed E-state index contributed by atoms with van der Waals surface area (Å²) in [7, 11) is -3.33. The zero-order valence-electron chi connectivity index (χ0n) is 10.1. The molecule has 2 rings (SSSR count). The summed E-state index contributed by atoms with van der Waals surface area (Å²) in [4.78, 5) is 0.374. The highest BCUT2D eigenvalue weighted by atomic mass is 79.9. The van der Waals surface area contributed by atoms with Gasteiger partial charge in [-0.2, -0.15) is 4.31 Å². The minimum atomic E-state index is -3.33. The highest BCUT2D eigenvalue weighted by Gasteiger charge is 2.24. The van der Waals surface area contributed by atoms with Crippen LogP contribution in [0.15, 0.2) is 33.6 Å². The third-order valence-electron chi connectivity index (χ3n) is 2.97. The van der Waals surface area contributed by atoms with Crippen molar-refractivity contribution in [3.05, 3.63) is 28.7 Å². The van der Waals surface area contributed by atoms with Crippen molar-refractivity contribution in [3.8, 4) is 0 Å². The Morgan fingerprint density at radius 1 is 1.06 bits per heavy atom. The summed E-state index contributed by atoms with van der Waals surface area (Å²) in [6, 6.07) is 6.82. The standard InChI is InChI=1S/C12H17BrN2O2S/c13-11-3-5-12(6-4-11)18(16,17)15-9-1-7-14-8-2-10-15/h3-6,14H,1-2,7-10H2. The van der Waals surface area contributed by atoms with Gasteiger partial charge in [-0.1, -0.05) is 15.9 Å². The van der Waals surface area contributed by atoms with Crippen molar-refractivity contribution in [1.82, 2.24) is 9.62 Å². The largest absolute Gasteiger partial charge is 0.317 e. The first-order valence-electron chi connectivity index (χ1n) is 6.07. The van der Waals surface area contributed by atoms with E-state index in [2.05, 4.69) is 21.2 Å². The minimum absolute atomic E-state index is 0.374. The monoisotopic (exact) mass is 332 g/mol. The average molecular weight is 333 g/mol. The van der Waals surface area contributed by atoms with Crippen molar-refractivity contribution in [2.45, 2.75) is 17.7 Å². The van der Waals surface area contributed by atoms with Crippen LogP contribution in [0.2, 0.25) is 0 Å². The molecule has 6 heteroatoms. The van der Waals surface area contributed by atoms with E-state index >= 15 is 0 Å². The van der Waals surface area contributed by atoms with Crippen molar-refractivity contribution in [2.24, 2.45) is 0 Å². The highest BCUT2D eigenvalue weighted by Crippen LogP contribution is 2.19. The fourth-order valence-electron chi connectivity index (χ4n) is 1.99. The zero-order chi connectivity index (χ0) is 13.0. The molecule has 0 amide bonds. The summed E-state index contributed by atoms with van der Waals surface area (Å²) in [6.45, 7) is 2.94. The molecule has 1 fully saturated rings. The van der Waals surface area contributed by atoms with E-state index in [0.29, 0.717) is 18.0 Å². The molecule has 0 atom stereocenters. The fourth-order valence-corrected chi connectivity index (χ4v) is 3.78. The lowest BCUT2D eigenvalue weighted by Gasteiger charge is -2.24. The molecule has 18 heavy (non-hydrogen) atoms. The highest BCUT2D eigenvalue weighted by molar-refractivity contribution is 9.10. The van der Waals surface area contributed by atoms with Gasteiger partial charge >= 0.3 is 0 Å². The third kappa shape index (κ3) is 3.32. The number of halogens is 1. The molecule has 0 saturated carbocycles. The number of hydrogen-bond acceptors (Lipinski definition) is 3. The molecule has 100 valence electrons. The van der Waals surface area contributed by atoms with E-state index < -0.39 is 10.0 Å². The molecule has 1 saturated heterocycles. The topological polar surface area (TPSA) is 49.4 Å². The molecule has 1 aromatic rings. The zero-order valence-corrected chi connectivity index (χ0v) is 12.5. The fraction of sp³-hybridized carbons (Fsp3) is 0.500. The van der Waals surface area contributed by atoms with Gasteiger partial charge in [-0.05, 0) is 50.2 Å². The lowest BCUT2D eigenvalue weighted by molar-refractivity contribution is 0.371. The maximum absolute atomic E-state index is 12.5. The van der Waals surface area contributed by atoms with Crippen LogP contribution in [-0.4, -0.2) is 38.9 Å². The Morgan fingerprint density at radius 2 is 1.61 bits per heavy atom. The second-order valence-electron chi connectivity index (χ2n) is 4.32. The molecule has 0 unspecified atom stereocenters. The van der Waals surface area contributed by atoms with Gasteiger partial charge in [0.15, 0.2) is 0 Å². The van der Waals surface area contributed by atoms with Gasteiger partial charge in [0, 0.05) is 17.6 Å². The quantitative estimate of drug-likeness (QED) is 0.898. The number of rotatable bonds is 2. The molecule has 1 aromatic carbocycles. The first-order valence-corrected chi connectivity index (χ1v) is 8.30. The van der Waals surface area contributed by atoms with Gasteiger partial charge in [0.2, 0.25) is 10.0 Å². The van der Waals surface area contributed by atoms with Crippen molar-refractivity contribution in [2.75, 3.05) is 26.2 Å². The van der Waals surface area contributed by atoms with E-state index in [4.69, 9.17) is 0 Å². The van der Waals surface area contributed by atoms with Gasteiger partial charge < -0.3 is 5.32 Å². The predicted octanol–water partition coefficient (Wildman–Crippen LogP) is 1.82. The molecule has 4 nitrogen and oxygen atoms in total. The number of sulfonamides is 1. The normalized spacial score (nSPS) is 19.2. The number of nitrogens with one attached hydrogen (secondary N) is 1. The maximum atomic E-state index is 12.5. The Hall–Kier alpha value is -0.430. The van der Waals surface area contributed by atoms with E-state index in [1.54, 1.807) is 28.6 Å². The van der Waals surface area contributed by atoms with Crippen molar-refractivity contribution >= 4 is 26.0 Å². The second-order valence-corrected chi connectivity index (χ2v) is 7.17. The molecule has 1 aliphatic heterocycles. The van der Waals surface area contributed by atoms with Gasteiger partial charge in [0.25, 0.3) is 0 Å². The number of hydrogen-bond donors (Lipinski definition) is 1. The minimum Gasteiger partial charge on any atom is -0.317 e. The molecule has 1 aliphatic rings. The summed E-state index contributed by atoms with van der Waals surface area (Å²) < 4.78 is 27.4. The van der Waals surface area contributed by atoms with Crippen molar-refractivity contribution < 1.29 is 8.42 Å². The molecule has 0 radical (unpaired) electrons. The summed E-state index contributed by atoms with van der Waals surface area (Å²) in [5.74, 6) is 0. The summed E-state index contributed by atoms with van der Waals surface area (Å²) in [5.41, 5.74) is 0. The van der Waals surface area contributed by atoms with Crippen LogP contribution in [0.4, 0.5) is 0 Å². The molecule has 1 heterocycles. The van der Waals surface area contributed by atoms with Crippen LogP contribution >= 0.6 is 15.9 Å². The van der Waals surface area contributed by atoms with Crippen LogP contribution in [0.25, 0.3) is 0 Å². The Labute approximate surface area is 117 Å². The predicted molar refractivity (Wildman–Crippen MR) is 75.0 cm³/mol. The van der Waals surface area contributed by atoms with Gasteiger partial charge in [-0.15, -0.1) is 0 Å². The molecule has 0 bridgehead atoms. The lowest BCUT2D eigenvalue weighted by Crippen LogP contribution is -2.38. The number of benzene rings is 1. The summed E-state index contributed by atoms with van der Waals surface area (Å²) >= 11 is 3.31. The Morgan fingerprint density at radius 3 is 2.17 bits per heavy atom. The molecule has 0 aromatic heterocycles. The van der Waals surface area contributed by atoms with E-state index in [1.165, 1.54) is 0 Å². The van der Waals surface area contributed by atoms with Crippen LogP contribution < -0.4 is 5.32 Å². The molecule has 0 spiro atoms. The SMILES string of the molecule is O=S(=O)(c1ccc(Br)cc1)N1CCCNCCC1. The summed E-state index contributed by atoms with van der Waals surface area (Å²) in [5, 5.41) is 3.28.